The molecule has 7 nitrogen and oxygen atoms in total. The second kappa shape index (κ2) is 7.11. The summed E-state index contributed by atoms with van der Waals surface area (Å²) in [6, 6.07) is 8.25. The fourth-order valence-electron chi connectivity index (χ4n) is 4.46. The van der Waals surface area contributed by atoms with Crippen LogP contribution in [-0.4, -0.2) is 54.8 Å². The summed E-state index contributed by atoms with van der Waals surface area (Å²) in [5.74, 6) is 0.991. The van der Waals surface area contributed by atoms with Gasteiger partial charge in [0.2, 0.25) is 5.91 Å². The Morgan fingerprint density at radius 3 is 2.72 bits per heavy atom. The van der Waals surface area contributed by atoms with E-state index in [4.69, 9.17) is 0 Å². The minimum Gasteiger partial charge on any atom is -0.333 e. The van der Waals surface area contributed by atoms with Gasteiger partial charge >= 0.3 is 0 Å². The van der Waals surface area contributed by atoms with E-state index in [1.807, 2.05) is 27.5 Å². The summed E-state index contributed by atoms with van der Waals surface area (Å²) < 4.78 is 2.03. The molecule has 148 valence electrons. The fourth-order valence-corrected chi connectivity index (χ4v) is 4.99. The molecule has 2 fully saturated rings. The Kier molecular flexibility index (Phi) is 4.43. The van der Waals surface area contributed by atoms with Gasteiger partial charge < -0.3 is 14.4 Å². The van der Waals surface area contributed by atoms with Crippen molar-refractivity contribution in [1.29, 1.82) is 0 Å². The molecule has 0 saturated carbocycles. The van der Waals surface area contributed by atoms with Crippen LogP contribution < -0.4 is 0 Å². The minimum atomic E-state index is -0.0616. The predicted octanol–water partition coefficient (Wildman–Crippen LogP) is 2.65. The first-order valence-electron chi connectivity index (χ1n) is 9.70. The van der Waals surface area contributed by atoms with Crippen LogP contribution in [0.3, 0.4) is 0 Å². The number of likely N-dealkylation sites (tertiary alicyclic amines) is 2. The van der Waals surface area contributed by atoms with E-state index in [-0.39, 0.29) is 23.9 Å². The molecule has 0 aliphatic carbocycles. The van der Waals surface area contributed by atoms with Crippen LogP contribution in [0.15, 0.2) is 47.5 Å². The summed E-state index contributed by atoms with van der Waals surface area (Å²) in [7, 11) is 0. The molecule has 2 atom stereocenters. The van der Waals surface area contributed by atoms with Gasteiger partial charge in [0.15, 0.2) is 0 Å². The van der Waals surface area contributed by atoms with Gasteiger partial charge in [-0.2, -0.15) is 0 Å². The maximum Gasteiger partial charge on any atom is 0.273 e. The highest BCUT2D eigenvalue weighted by molar-refractivity contribution is 7.07. The first-order valence-corrected chi connectivity index (χ1v) is 10.6. The molecule has 8 heteroatoms. The lowest BCUT2D eigenvalue weighted by molar-refractivity contribution is -0.129. The van der Waals surface area contributed by atoms with Gasteiger partial charge in [-0.05, 0) is 31.0 Å². The molecule has 3 aromatic rings. The highest BCUT2D eigenvalue weighted by atomic mass is 32.1. The topological polar surface area (TPSA) is 71.3 Å². The minimum absolute atomic E-state index is 0.0513. The summed E-state index contributed by atoms with van der Waals surface area (Å²) in [5, 5.41) is 1.77. The number of amides is 2. The van der Waals surface area contributed by atoms with Gasteiger partial charge in [0, 0.05) is 43.0 Å². The van der Waals surface area contributed by atoms with Gasteiger partial charge in [-0.25, -0.2) is 9.97 Å². The number of benzene rings is 1. The monoisotopic (exact) mass is 407 g/mol. The third-order valence-corrected chi connectivity index (χ3v) is 6.51. The summed E-state index contributed by atoms with van der Waals surface area (Å²) in [5.41, 5.74) is 4.29. The van der Waals surface area contributed by atoms with Crippen LogP contribution in [-0.2, 0) is 11.3 Å². The molecule has 4 heterocycles. The van der Waals surface area contributed by atoms with Crippen LogP contribution in [0.25, 0.3) is 5.69 Å². The van der Waals surface area contributed by atoms with Gasteiger partial charge in [-0.1, -0.05) is 12.1 Å². The molecule has 0 unspecified atom stereocenters. The number of hydrogen-bond acceptors (Lipinski definition) is 5. The summed E-state index contributed by atoms with van der Waals surface area (Å²) >= 11 is 1.41. The molecule has 1 aromatic carbocycles. The van der Waals surface area contributed by atoms with E-state index in [0.29, 0.717) is 25.2 Å². The molecular weight excluding hydrogens is 386 g/mol. The summed E-state index contributed by atoms with van der Waals surface area (Å²) in [4.78, 5) is 37.6. The van der Waals surface area contributed by atoms with Crippen LogP contribution in [0.2, 0.25) is 0 Å². The van der Waals surface area contributed by atoms with Crippen molar-refractivity contribution in [3.05, 3.63) is 64.6 Å². The van der Waals surface area contributed by atoms with Crippen LogP contribution in [0.4, 0.5) is 0 Å². The van der Waals surface area contributed by atoms with Crippen molar-refractivity contribution in [1.82, 2.24) is 24.3 Å². The Morgan fingerprint density at radius 2 is 2.03 bits per heavy atom. The maximum absolute atomic E-state index is 12.7. The normalized spacial score (nSPS) is 21.1. The molecule has 0 N–H and O–H groups in total. The molecule has 5 rings (SSSR count). The molecule has 2 aliphatic rings. The van der Waals surface area contributed by atoms with E-state index < -0.39 is 0 Å². The Balaban J connectivity index is 1.31. The quantitative estimate of drug-likeness (QED) is 0.667. The molecule has 2 amide bonds. The van der Waals surface area contributed by atoms with Crippen LogP contribution in [0.1, 0.15) is 34.7 Å². The highest BCUT2D eigenvalue weighted by Gasteiger charge is 2.48. The summed E-state index contributed by atoms with van der Waals surface area (Å²) in [6.07, 6.45) is 4.93. The average molecular weight is 407 g/mol. The standard InChI is InChI=1S/C21H21N5O2S/c1-14-22-7-9-24(14)16-4-2-15(3-5-16)11-26-18-6-8-25(19(18)10-20(26)27)21(28)17-12-29-13-23-17/h2-5,7,9,12-13,18-19H,6,8,10-11H2,1H3/t18-,19-/m0/s1. The number of imidazole rings is 1. The van der Waals surface area contributed by atoms with E-state index in [9.17, 15) is 9.59 Å². The third-order valence-electron chi connectivity index (χ3n) is 5.92. The van der Waals surface area contributed by atoms with Crippen molar-refractivity contribution in [2.24, 2.45) is 0 Å². The number of carbonyl (C=O) groups is 2. The molecule has 0 bridgehead atoms. The number of carbonyl (C=O) groups excluding carboxylic acids is 2. The van der Waals surface area contributed by atoms with E-state index in [1.165, 1.54) is 11.3 Å². The van der Waals surface area contributed by atoms with Gasteiger partial charge in [0.25, 0.3) is 5.91 Å². The third kappa shape index (κ3) is 3.13. The van der Waals surface area contributed by atoms with E-state index in [1.54, 1.807) is 17.1 Å². The lowest BCUT2D eigenvalue weighted by Gasteiger charge is -2.25. The van der Waals surface area contributed by atoms with Gasteiger partial charge in [-0.15, -0.1) is 11.3 Å². The Bertz CT molecular complexity index is 1040. The molecule has 0 spiro atoms. The largest absolute Gasteiger partial charge is 0.333 e. The van der Waals surface area contributed by atoms with Gasteiger partial charge in [0.05, 0.1) is 17.6 Å². The Morgan fingerprint density at radius 1 is 1.21 bits per heavy atom. The van der Waals surface area contributed by atoms with Crippen molar-refractivity contribution in [3.63, 3.8) is 0 Å². The van der Waals surface area contributed by atoms with Crippen LogP contribution in [0.5, 0.6) is 0 Å². The first-order chi connectivity index (χ1) is 14.1. The fraction of sp³-hybridized carbons (Fsp3) is 0.333. The van der Waals surface area contributed by atoms with Crippen LogP contribution >= 0.6 is 11.3 Å². The average Bonchev–Trinajstić information content (AvgIpc) is 3.50. The Hall–Kier alpha value is -3.00. The zero-order valence-corrected chi connectivity index (χ0v) is 16.9. The number of aryl methyl sites for hydroxylation is 1. The Labute approximate surface area is 172 Å². The lowest BCUT2D eigenvalue weighted by Crippen LogP contribution is -2.39. The van der Waals surface area contributed by atoms with Crippen LogP contribution in [0, 0.1) is 6.92 Å². The second-order valence-electron chi connectivity index (χ2n) is 7.53. The van der Waals surface area contributed by atoms with Crippen molar-refractivity contribution in [2.75, 3.05) is 6.54 Å². The van der Waals surface area contributed by atoms with Crippen molar-refractivity contribution in [3.8, 4) is 5.69 Å². The number of nitrogens with zero attached hydrogens (tertiary/aromatic N) is 5. The van der Waals surface area contributed by atoms with E-state index in [2.05, 4.69) is 34.2 Å². The van der Waals surface area contributed by atoms with Gasteiger partial charge in [-0.3, -0.25) is 9.59 Å². The molecule has 2 aromatic heterocycles. The number of fused-ring (bicyclic) bond motifs is 1. The highest BCUT2D eigenvalue weighted by Crippen LogP contribution is 2.34. The zero-order chi connectivity index (χ0) is 20.0. The molecule has 2 aliphatic heterocycles. The predicted molar refractivity (Wildman–Crippen MR) is 109 cm³/mol. The SMILES string of the molecule is Cc1nccn1-c1ccc(CN2C(=O)C[C@H]3[C@@H]2CCN3C(=O)c2cscn2)cc1. The number of rotatable bonds is 4. The molecule has 2 saturated heterocycles. The van der Waals surface area contributed by atoms with E-state index >= 15 is 0 Å². The molecule has 29 heavy (non-hydrogen) atoms. The van der Waals surface area contributed by atoms with Crippen molar-refractivity contribution >= 4 is 23.2 Å². The molecular formula is C21H21N5O2S. The van der Waals surface area contributed by atoms with Gasteiger partial charge in [0.1, 0.15) is 11.5 Å². The van der Waals surface area contributed by atoms with Crippen molar-refractivity contribution in [2.45, 2.75) is 38.4 Å². The van der Waals surface area contributed by atoms with Crippen molar-refractivity contribution < 1.29 is 9.59 Å². The van der Waals surface area contributed by atoms with E-state index in [0.717, 1.165) is 23.5 Å². The lowest BCUT2D eigenvalue weighted by atomic mass is 10.1. The smallest absolute Gasteiger partial charge is 0.273 e. The number of aromatic nitrogens is 3. The second-order valence-corrected chi connectivity index (χ2v) is 8.25. The first kappa shape index (κ1) is 18.1. The maximum atomic E-state index is 12.7. The number of thiazole rings is 1. The summed E-state index contributed by atoms with van der Waals surface area (Å²) in [6.45, 7) is 3.21. The number of hydrogen-bond donors (Lipinski definition) is 0. The molecule has 0 radical (unpaired) electrons. The zero-order valence-electron chi connectivity index (χ0n) is 16.1.